The molecule has 6 nitrogen and oxygen atoms in total. The smallest absolute Gasteiger partial charge is 0.361 e. The van der Waals surface area contributed by atoms with Gasteiger partial charge in [-0.05, 0) is 37.5 Å². The molecule has 0 fully saturated rings. The fourth-order valence-corrected chi connectivity index (χ4v) is 7.94. The molecule has 1 aliphatic heterocycles. The zero-order valence-corrected chi connectivity index (χ0v) is 36.4. The lowest BCUT2D eigenvalue weighted by atomic mass is 9.84. The molecular formula is C50H82N3O3+. The number of dihydropyridines is 1. The number of unbranched alkanes of at least 4 members (excludes halogenated alkanes) is 27. The first-order chi connectivity index (χ1) is 27.6. The van der Waals surface area contributed by atoms with Crippen LogP contribution in [0.1, 0.15) is 219 Å². The number of hydrogen-bond donors (Lipinski definition) is 1. The van der Waals surface area contributed by atoms with Crippen molar-refractivity contribution in [2.24, 2.45) is 4.99 Å². The van der Waals surface area contributed by atoms with Crippen molar-refractivity contribution in [1.29, 1.82) is 0 Å². The Labute approximate surface area is 343 Å². The Morgan fingerprint density at radius 1 is 0.554 bits per heavy atom. The van der Waals surface area contributed by atoms with Gasteiger partial charge in [0.1, 0.15) is 12.0 Å². The molecule has 0 saturated heterocycles. The van der Waals surface area contributed by atoms with E-state index in [1.807, 2.05) is 18.3 Å². The number of aliphatic hydroxyl groups is 1. The van der Waals surface area contributed by atoms with Crippen LogP contribution in [-0.2, 0) is 9.22 Å². The van der Waals surface area contributed by atoms with E-state index < -0.39 is 0 Å². The van der Waals surface area contributed by atoms with Gasteiger partial charge in [0.2, 0.25) is 5.78 Å². The van der Waals surface area contributed by atoms with Crippen molar-refractivity contribution in [2.75, 3.05) is 24.6 Å². The van der Waals surface area contributed by atoms with Gasteiger partial charge < -0.3 is 10.0 Å². The standard InChI is InChI=1S/C50H81N3O3/c1-4-7-10-13-16-19-22-25-28-31-38-53(39-32-29-26-23-20-17-14-11-8-5-2)43-34-36-45(51-41-43)47-49(54)48(50(47)55)46-37-35-44(42-52-46)56-40-33-30-27-24-21-18-15-12-9-6-3/h34-37,41-42H,4-33,38-40H2,1-3H3/p+1. The fourth-order valence-electron chi connectivity index (χ4n) is 7.94. The first kappa shape index (κ1) is 47.4. The maximum absolute atomic E-state index is 13.3. The molecule has 0 spiro atoms. The van der Waals surface area contributed by atoms with Crippen LogP contribution in [0.25, 0.3) is 5.57 Å². The first-order valence-electron chi connectivity index (χ1n) is 23.8. The van der Waals surface area contributed by atoms with Crippen LogP contribution in [0.5, 0.6) is 0 Å². The monoisotopic (exact) mass is 773 g/mol. The molecule has 0 atom stereocenters. The Balaban J connectivity index is 1.47. The maximum Gasteiger partial charge on any atom is 0.361 e. The molecule has 0 radical (unpaired) electrons. The van der Waals surface area contributed by atoms with Crippen LogP contribution in [0.3, 0.4) is 0 Å². The van der Waals surface area contributed by atoms with Crippen molar-refractivity contribution in [1.82, 2.24) is 4.98 Å². The fraction of sp³-hybridized carbons (Fsp3) is 0.720. The molecule has 0 saturated carbocycles. The van der Waals surface area contributed by atoms with Crippen LogP contribution in [0, 0.1) is 0 Å². The first-order valence-corrected chi connectivity index (χ1v) is 23.8. The number of carbonyl (C=O) groups excluding carboxylic acids is 2. The summed E-state index contributed by atoms with van der Waals surface area (Å²) in [6.45, 7) is 9.56. The molecular weight excluding hydrogens is 691 g/mol. The number of anilines is 1. The van der Waals surface area contributed by atoms with Gasteiger partial charge in [0, 0.05) is 25.6 Å². The molecule has 56 heavy (non-hydrogen) atoms. The van der Waals surface area contributed by atoms with E-state index >= 15 is 0 Å². The van der Waals surface area contributed by atoms with E-state index in [4.69, 9.17) is 9.41 Å². The lowest BCUT2D eigenvalue weighted by Crippen LogP contribution is -2.26. The van der Waals surface area contributed by atoms with Gasteiger partial charge in [0.25, 0.3) is 6.61 Å². The Morgan fingerprint density at radius 2 is 1.00 bits per heavy atom. The SMILES string of the molecule is CCCCCCCCCCCC/[O+]=C1C=C/C(=C2/C(=O)C(c3ccc(N(CCCCCCCCCCCC)CCCCCCCCCCCC)cn3)=C2O)N=C\1. The van der Waals surface area contributed by atoms with Gasteiger partial charge in [0.15, 0.2) is 0 Å². The highest BCUT2D eigenvalue weighted by Gasteiger charge is 2.38. The molecule has 1 aromatic rings. The summed E-state index contributed by atoms with van der Waals surface area (Å²) in [5.74, 6) is 0.467. The predicted molar refractivity (Wildman–Crippen MR) is 241 cm³/mol. The molecule has 0 bridgehead atoms. The number of aliphatic imine (C=N–C) groups is 1. The summed E-state index contributed by atoms with van der Waals surface area (Å²) in [6, 6.07) is 3.98. The minimum Gasteiger partial charge on any atom is -0.506 e. The van der Waals surface area contributed by atoms with Crippen LogP contribution in [0.4, 0.5) is 5.69 Å². The van der Waals surface area contributed by atoms with Gasteiger partial charge in [-0.1, -0.05) is 188 Å². The van der Waals surface area contributed by atoms with Crippen molar-refractivity contribution >= 4 is 29.0 Å². The second kappa shape index (κ2) is 31.0. The molecule has 2 aliphatic rings. The van der Waals surface area contributed by atoms with Crippen molar-refractivity contribution < 1.29 is 14.3 Å². The van der Waals surface area contributed by atoms with Crippen molar-refractivity contribution in [3.8, 4) is 0 Å². The molecule has 1 aromatic heterocycles. The van der Waals surface area contributed by atoms with E-state index in [1.165, 1.54) is 186 Å². The number of pyridine rings is 1. The van der Waals surface area contributed by atoms with Crippen molar-refractivity contribution in [3.05, 3.63) is 53.2 Å². The summed E-state index contributed by atoms with van der Waals surface area (Å²) in [5, 5.41) is 11.0. The van der Waals surface area contributed by atoms with Gasteiger partial charge in [-0.3, -0.25) is 14.2 Å². The van der Waals surface area contributed by atoms with E-state index in [2.05, 4.69) is 36.7 Å². The quantitative estimate of drug-likeness (QED) is 0.0423. The number of ketones is 2. The minimum absolute atomic E-state index is 0.0191. The second-order valence-electron chi connectivity index (χ2n) is 16.6. The summed E-state index contributed by atoms with van der Waals surface area (Å²) >= 11 is 0. The summed E-state index contributed by atoms with van der Waals surface area (Å²) < 4.78 is 5.92. The largest absolute Gasteiger partial charge is 0.506 e. The highest BCUT2D eigenvalue weighted by atomic mass is 16.4. The van der Waals surface area contributed by atoms with E-state index in [9.17, 15) is 9.90 Å². The lowest BCUT2D eigenvalue weighted by Gasteiger charge is -2.26. The summed E-state index contributed by atoms with van der Waals surface area (Å²) in [6.07, 6.45) is 46.8. The van der Waals surface area contributed by atoms with Gasteiger partial charge in [-0.25, -0.2) is 4.99 Å². The molecule has 1 N–H and O–H groups in total. The molecule has 0 aromatic carbocycles. The highest BCUT2D eigenvalue weighted by molar-refractivity contribution is 6.39. The molecule has 0 unspecified atom stereocenters. The number of allylic oxidation sites excluding steroid dienone is 4. The third kappa shape index (κ3) is 18.9. The zero-order chi connectivity index (χ0) is 39.9. The summed E-state index contributed by atoms with van der Waals surface area (Å²) in [5.41, 5.74) is 2.64. The maximum atomic E-state index is 13.3. The molecule has 6 heteroatoms. The topological polar surface area (TPSA) is 77.1 Å². The number of aromatic nitrogens is 1. The Bertz CT molecular complexity index is 1310. The molecule has 3 rings (SSSR count). The van der Waals surface area contributed by atoms with Crippen LogP contribution in [-0.4, -0.2) is 47.6 Å². The van der Waals surface area contributed by atoms with Crippen LogP contribution in [0.2, 0.25) is 0 Å². The second-order valence-corrected chi connectivity index (χ2v) is 16.6. The van der Waals surface area contributed by atoms with Crippen LogP contribution in [0.15, 0.2) is 52.5 Å². The van der Waals surface area contributed by atoms with Crippen LogP contribution >= 0.6 is 0 Å². The third-order valence-corrected chi connectivity index (χ3v) is 11.6. The van der Waals surface area contributed by atoms with Gasteiger partial charge in [-0.15, -0.1) is 0 Å². The van der Waals surface area contributed by atoms with Gasteiger partial charge >= 0.3 is 5.78 Å². The third-order valence-electron chi connectivity index (χ3n) is 11.6. The van der Waals surface area contributed by atoms with Crippen LogP contribution < -0.4 is 4.90 Å². The van der Waals surface area contributed by atoms with Crippen molar-refractivity contribution in [2.45, 2.75) is 213 Å². The van der Waals surface area contributed by atoms with E-state index in [1.54, 1.807) is 12.3 Å². The molecule has 0 amide bonds. The normalized spacial score (nSPS) is 16.1. The number of aliphatic hydroxyl groups excluding tert-OH is 1. The van der Waals surface area contributed by atoms with Crippen molar-refractivity contribution in [3.63, 3.8) is 0 Å². The average Bonchev–Trinajstić information content (AvgIpc) is 3.21. The lowest BCUT2D eigenvalue weighted by molar-refractivity contribution is -0.454. The summed E-state index contributed by atoms with van der Waals surface area (Å²) in [7, 11) is 0. The summed E-state index contributed by atoms with van der Waals surface area (Å²) in [4.78, 5) is 25.0. The number of nitrogens with zero attached hydrogens (tertiary/aromatic N) is 3. The van der Waals surface area contributed by atoms with Gasteiger partial charge in [-0.2, -0.15) is 0 Å². The number of Topliss-reactive ketones (excluding diaryl/α,β-unsaturated/α-hetero) is 1. The number of carbonyl (C=O) groups is 1. The molecule has 314 valence electrons. The molecule has 1 aliphatic carbocycles. The number of hydrogen-bond acceptors (Lipinski definition) is 5. The van der Waals surface area contributed by atoms with E-state index in [0.717, 1.165) is 25.2 Å². The predicted octanol–water partition coefficient (Wildman–Crippen LogP) is 14.5. The Kier molecular flexibility index (Phi) is 26.2. The minimum atomic E-state index is -0.207. The average molecular weight is 773 g/mol. The number of rotatable bonds is 35. The molecule has 2 heterocycles. The highest BCUT2D eigenvalue weighted by Crippen LogP contribution is 2.38. The van der Waals surface area contributed by atoms with Gasteiger partial charge in [0.05, 0.1) is 34.4 Å². The van der Waals surface area contributed by atoms with E-state index in [-0.39, 0.29) is 22.7 Å². The Hall–Kier alpha value is -3.02. The zero-order valence-electron chi connectivity index (χ0n) is 36.4. The van der Waals surface area contributed by atoms with E-state index in [0.29, 0.717) is 23.8 Å². The Morgan fingerprint density at radius 3 is 1.39 bits per heavy atom.